The molecule has 1 fully saturated rings. The molecule has 2 rings (SSSR count). The Bertz CT molecular complexity index is 545. The number of nitrogens with one attached hydrogen (secondary N) is 1. The first-order valence-corrected chi connectivity index (χ1v) is 5.72. The van der Waals surface area contributed by atoms with Crippen molar-refractivity contribution in [2.24, 2.45) is 0 Å². The molecule has 1 aliphatic heterocycles. The van der Waals surface area contributed by atoms with Gasteiger partial charge >= 0.3 is 12.3 Å². The van der Waals surface area contributed by atoms with E-state index in [0.717, 1.165) is 17.0 Å². The number of nitrogens with zero attached hydrogens (tertiary/aromatic N) is 1. The fraction of sp³-hybridized carbons (Fsp3) is 0.333. The van der Waals surface area contributed by atoms with Gasteiger partial charge in [-0.1, -0.05) is 0 Å². The number of rotatable bonds is 3. The summed E-state index contributed by atoms with van der Waals surface area (Å²) >= 11 is 0. The minimum Gasteiger partial charge on any atom is -0.444 e. The molecule has 1 N–H and O–H groups in total. The number of anilines is 2. The molecule has 0 radical (unpaired) electrons. The fourth-order valence-corrected chi connectivity index (χ4v) is 1.96. The lowest BCUT2D eigenvalue weighted by atomic mass is 10.1. The summed E-state index contributed by atoms with van der Waals surface area (Å²) < 4.78 is 44.0. The van der Waals surface area contributed by atoms with Crippen molar-refractivity contribution < 1.29 is 27.5 Å². The third-order valence-electron chi connectivity index (χ3n) is 2.78. The summed E-state index contributed by atoms with van der Waals surface area (Å²) in [7, 11) is 0. The normalized spacial score (nSPS) is 18.9. The molecule has 0 spiro atoms. The molecule has 0 aromatic heterocycles. The zero-order chi connectivity index (χ0) is 14.9. The Morgan fingerprint density at radius 1 is 1.45 bits per heavy atom. The van der Waals surface area contributed by atoms with Crippen molar-refractivity contribution in [2.75, 3.05) is 16.8 Å². The van der Waals surface area contributed by atoms with Gasteiger partial charge in [0.25, 0.3) is 0 Å². The Hall–Kier alpha value is -2.25. The van der Waals surface area contributed by atoms with E-state index >= 15 is 0 Å². The quantitative estimate of drug-likeness (QED) is 0.870. The van der Waals surface area contributed by atoms with Crippen LogP contribution in [0.2, 0.25) is 0 Å². The first-order chi connectivity index (χ1) is 9.32. The fourth-order valence-electron chi connectivity index (χ4n) is 1.96. The van der Waals surface area contributed by atoms with Gasteiger partial charge in [-0.15, -0.1) is 0 Å². The number of hydrogen-bond donors (Lipinski definition) is 1. The van der Waals surface area contributed by atoms with Gasteiger partial charge in [0.1, 0.15) is 6.10 Å². The van der Waals surface area contributed by atoms with Gasteiger partial charge in [-0.25, -0.2) is 4.79 Å². The van der Waals surface area contributed by atoms with E-state index in [1.165, 1.54) is 6.07 Å². The van der Waals surface area contributed by atoms with Crippen LogP contribution in [0.1, 0.15) is 12.5 Å². The van der Waals surface area contributed by atoms with Crippen LogP contribution in [0.4, 0.5) is 29.3 Å². The summed E-state index contributed by atoms with van der Waals surface area (Å²) in [6, 6.07) is 3.20. The highest BCUT2D eigenvalue weighted by Gasteiger charge is 2.39. The average Bonchev–Trinajstić information content (AvgIpc) is 2.68. The van der Waals surface area contributed by atoms with Crippen LogP contribution in [0.25, 0.3) is 0 Å². The molecular formula is C12H11F3N2O3. The Morgan fingerprint density at radius 2 is 2.15 bits per heavy atom. The molecule has 5 nitrogen and oxygen atoms in total. The first kappa shape index (κ1) is 14.2. The summed E-state index contributed by atoms with van der Waals surface area (Å²) in [5, 5.41) is 2.14. The number of hydrogen-bond acceptors (Lipinski definition) is 3. The zero-order valence-electron chi connectivity index (χ0n) is 10.4. The maximum Gasteiger partial charge on any atom is 0.418 e. The number of ether oxygens (including phenoxy) is 1. The van der Waals surface area contributed by atoms with Crippen molar-refractivity contribution in [3.05, 3.63) is 23.8 Å². The van der Waals surface area contributed by atoms with Crippen LogP contribution in [0, 0.1) is 0 Å². The third kappa shape index (κ3) is 2.68. The van der Waals surface area contributed by atoms with Crippen molar-refractivity contribution in [1.82, 2.24) is 0 Å². The number of cyclic esters (lactones) is 1. The highest BCUT2D eigenvalue weighted by molar-refractivity contribution is 5.91. The standard InChI is InChI=1S/C12H11F3N2O3/c1-7-5-17(11(19)20-7)10-3-2-8(16-6-18)4-9(10)12(13,14)15/h2-4,6-7H,5H2,1H3,(H,16,18). The topological polar surface area (TPSA) is 58.6 Å². The number of halogens is 3. The molecule has 1 aromatic rings. The first-order valence-electron chi connectivity index (χ1n) is 5.72. The van der Waals surface area contributed by atoms with E-state index in [2.05, 4.69) is 5.32 Å². The number of carbonyl (C=O) groups is 2. The molecule has 108 valence electrons. The SMILES string of the molecule is CC1CN(c2ccc(NC=O)cc2C(F)(F)F)C(=O)O1. The number of amides is 2. The molecule has 0 bridgehead atoms. The Morgan fingerprint density at radius 3 is 2.65 bits per heavy atom. The van der Waals surface area contributed by atoms with E-state index in [4.69, 9.17) is 4.74 Å². The van der Waals surface area contributed by atoms with Crippen molar-refractivity contribution >= 4 is 23.9 Å². The van der Waals surface area contributed by atoms with Gasteiger partial charge in [0, 0.05) is 5.69 Å². The average molecular weight is 288 g/mol. The summed E-state index contributed by atoms with van der Waals surface area (Å²) in [4.78, 5) is 22.8. The van der Waals surface area contributed by atoms with E-state index in [9.17, 15) is 22.8 Å². The Labute approximate surface area is 112 Å². The Kier molecular flexibility index (Phi) is 3.56. The smallest absolute Gasteiger partial charge is 0.418 e. The number of alkyl halides is 3. The molecule has 0 saturated carbocycles. The van der Waals surface area contributed by atoms with E-state index in [0.29, 0.717) is 0 Å². The number of carbonyl (C=O) groups excluding carboxylic acids is 2. The van der Waals surface area contributed by atoms with E-state index < -0.39 is 23.9 Å². The predicted octanol–water partition coefficient (Wildman–Crippen LogP) is 2.62. The van der Waals surface area contributed by atoms with Gasteiger partial charge in [-0.05, 0) is 25.1 Å². The summed E-state index contributed by atoms with van der Waals surface area (Å²) in [6.45, 7) is 1.63. The van der Waals surface area contributed by atoms with Gasteiger partial charge in [-0.3, -0.25) is 9.69 Å². The molecule has 0 aliphatic carbocycles. The van der Waals surface area contributed by atoms with Gasteiger partial charge in [0.15, 0.2) is 0 Å². The molecule has 2 amide bonds. The zero-order valence-corrected chi connectivity index (χ0v) is 10.4. The Balaban J connectivity index is 2.47. The molecule has 1 aliphatic rings. The van der Waals surface area contributed by atoms with Crippen molar-refractivity contribution in [1.29, 1.82) is 0 Å². The molecule has 1 saturated heterocycles. The lowest BCUT2D eigenvalue weighted by molar-refractivity contribution is -0.137. The van der Waals surface area contributed by atoms with Crippen LogP contribution in [-0.2, 0) is 15.7 Å². The van der Waals surface area contributed by atoms with Gasteiger partial charge in [-0.2, -0.15) is 13.2 Å². The van der Waals surface area contributed by atoms with Crippen molar-refractivity contribution in [3.63, 3.8) is 0 Å². The largest absolute Gasteiger partial charge is 0.444 e. The molecule has 1 unspecified atom stereocenters. The molecule has 8 heteroatoms. The van der Waals surface area contributed by atoms with Crippen molar-refractivity contribution in [3.8, 4) is 0 Å². The van der Waals surface area contributed by atoms with E-state index in [-0.39, 0.29) is 24.3 Å². The molecule has 1 heterocycles. The van der Waals surface area contributed by atoms with E-state index in [1.807, 2.05) is 0 Å². The minimum atomic E-state index is -4.65. The molecule has 1 atom stereocenters. The van der Waals surface area contributed by atoms with Crippen LogP contribution in [0.5, 0.6) is 0 Å². The maximum absolute atomic E-state index is 13.1. The summed E-state index contributed by atoms with van der Waals surface area (Å²) in [5.41, 5.74) is -1.30. The summed E-state index contributed by atoms with van der Waals surface area (Å²) in [6.07, 6.45) is -5.67. The van der Waals surface area contributed by atoms with Crippen LogP contribution in [0.3, 0.4) is 0 Å². The lowest BCUT2D eigenvalue weighted by Gasteiger charge is -2.20. The lowest BCUT2D eigenvalue weighted by Crippen LogP contribution is -2.27. The minimum absolute atomic E-state index is 0.00307. The molecular weight excluding hydrogens is 277 g/mol. The molecule has 20 heavy (non-hydrogen) atoms. The third-order valence-corrected chi connectivity index (χ3v) is 2.78. The summed E-state index contributed by atoms with van der Waals surface area (Å²) in [5.74, 6) is 0. The predicted molar refractivity (Wildman–Crippen MR) is 64.4 cm³/mol. The van der Waals surface area contributed by atoms with Crippen LogP contribution >= 0.6 is 0 Å². The second-order valence-electron chi connectivity index (χ2n) is 4.30. The highest BCUT2D eigenvalue weighted by atomic mass is 19.4. The number of benzene rings is 1. The van der Waals surface area contributed by atoms with Gasteiger partial charge < -0.3 is 10.1 Å². The second kappa shape index (κ2) is 5.03. The van der Waals surface area contributed by atoms with Crippen LogP contribution in [-0.4, -0.2) is 25.2 Å². The van der Waals surface area contributed by atoms with Gasteiger partial charge in [0.2, 0.25) is 6.41 Å². The highest BCUT2D eigenvalue weighted by Crippen LogP contribution is 2.39. The van der Waals surface area contributed by atoms with Crippen molar-refractivity contribution in [2.45, 2.75) is 19.2 Å². The second-order valence-corrected chi connectivity index (χ2v) is 4.30. The molecule has 1 aromatic carbocycles. The van der Waals surface area contributed by atoms with Gasteiger partial charge in [0.05, 0.1) is 17.8 Å². The van der Waals surface area contributed by atoms with Crippen LogP contribution < -0.4 is 10.2 Å². The van der Waals surface area contributed by atoms with E-state index in [1.54, 1.807) is 6.92 Å². The van der Waals surface area contributed by atoms with Crippen LogP contribution in [0.15, 0.2) is 18.2 Å². The monoisotopic (exact) mass is 288 g/mol. The maximum atomic E-state index is 13.1.